The second-order valence-corrected chi connectivity index (χ2v) is 27.4. The SMILES string of the molecule is C.CC(=O)SCC(=O)CCCCCC(CC(=O)CSC(C)=O)C(=O)N=S.CC(=O)SCC(=O)CCCCCC(CC(=O)CSC(C)=O)C(=O)O.CC(=O)SCC(=O)NS.NCCCCC(N)C(=O)O.NN.NNC(=O)C(CCCCCC(=O)CS)CC(=O)CS.O=C1CCC(=O)N1O.[2H]CF. The van der Waals surface area contributed by atoms with Crippen molar-refractivity contribution < 1.29 is 107 Å². The van der Waals surface area contributed by atoms with Gasteiger partial charge >= 0.3 is 11.9 Å². The van der Waals surface area contributed by atoms with Gasteiger partial charge in [-0.15, -0.1) is 4.36 Å². The first-order valence-electron chi connectivity index (χ1n) is 31.1. The number of hydrazine groups is 2. The number of carbonyl (C=O) groups excluding carboxylic acids is 16. The third-order valence-electron chi connectivity index (χ3n) is 12.2. The van der Waals surface area contributed by atoms with Crippen LogP contribution in [0.15, 0.2) is 4.36 Å². The number of carboxylic acid groups (broad SMARTS) is 2. The van der Waals surface area contributed by atoms with Gasteiger partial charge in [-0.25, -0.2) is 5.84 Å². The number of amides is 5. The van der Waals surface area contributed by atoms with E-state index in [-0.39, 0.29) is 157 Å². The van der Waals surface area contributed by atoms with Crippen LogP contribution in [0.25, 0.3) is 0 Å². The predicted octanol–water partition coefficient (Wildman–Crippen LogP) is 5.87. The van der Waals surface area contributed by atoms with E-state index in [2.05, 4.69) is 76.7 Å². The number of hydroxylamine groups is 2. The van der Waals surface area contributed by atoms with Crippen LogP contribution in [-0.2, 0) is 98.7 Å². The zero-order valence-electron chi connectivity index (χ0n) is 57.6. The van der Waals surface area contributed by atoms with E-state index in [1.54, 1.807) is 0 Å². The number of nitrogens with two attached hydrogens (primary N) is 5. The summed E-state index contributed by atoms with van der Waals surface area (Å²) in [5.41, 5.74) is 12.5. The fourth-order valence-corrected chi connectivity index (χ4v) is 10.2. The maximum Gasteiger partial charge on any atom is 0.320 e. The number of alkyl halides is 1. The van der Waals surface area contributed by atoms with Crippen LogP contribution in [0, 0.1) is 17.8 Å². The Balaban J connectivity index is -0.000000176. The molecule has 40 heteroatoms. The van der Waals surface area contributed by atoms with Gasteiger partial charge in [-0.3, -0.25) is 113 Å². The zero-order chi connectivity index (χ0) is 78.6. The number of ketones is 6. The minimum atomic E-state index is -1.01. The summed E-state index contributed by atoms with van der Waals surface area (Å²) in [6, 6.07) is -0.716. The smallest absolute Gasteiger partial charge is 0.320 e. The summed E-state index contributed by atoms with van der Waals surface area (Å²) in [5, 5.41) is 25.5. The van der Waals surface area contributed by atoms with Crippen LogP contribution in [0.1, 0.15) is 191 Å². The molecule has 1 fully saturated rings. The van der Waals surface area contributed by atoms with Gasteiger partial charge in [-0.05, 0) is 57.9 Å². The molecule has 4 atom stereocenters. The second kappa shape index (κ2) is 77.2. The van der Waals surface area contributed by atoms with E-state index >= 15 is 0 Å². The molecule has 1 aliphatic rings. The highest BCUT2D eigenvalue weighted by Crippen LogP contribution is 2.21. The summed E-state index contributed by atoms with van der Waals surface area (Å²) in [6.07, 6.45) is 11.9. The lowest BCUT2D eigenvalue weighted by atomic mass is 9.95. The minimum absolute atomic E-state index is 0. The van der Waals surface area contributed by atoms with Crippen LogP contribution in [0.4, 0.5) is 4.39 Å². The molecule has 1 aliphatic heterocycles. The number of hydrogen-bond acceptors (Lipinski definition) is 33. The number of thioether (sulfide) groups is 5. The third-order valence-corrected chi connectivity index (χ3v) is 17.6. The first-order valence-corrected chi connectivity index (χ1v) is 37.4. The van der Waals surface area contributed by atoms with Gasteiger partial charge in [0.25, 0.3) is 17.7 Å². The molecule has 30 nitrogen and oxygen atoms in total. The lowest BCUT2D eigenvalue weighted by molar-refractivity contribution is -0.171. The lowest BCUT2D eigenvalue weighted by Gasteiger charge is -2.13. The van der Waals surface area contributed by atoms with Crippen LogP contribution in [0.5, 0.6) is 0 Å². The first kappa shape index (κ1) is 109. The number of hydrogen-bond donors (Lipinski definition) is 13. The number of aliphatic carboxylic acids is 2. The molecule has 4 unspecified atom stereocenters. The van der Waals surface area contributed by atoms with Gasteiger partial charge < -0.3 is 26.4 Å². The Bertz CT molecular complexity index is 2510. The third kappa shape index (κ3) is 79.3. The molecule has 15 N–H and O–H groups in total. The molecule has 0 bridgehead atoms. The highest BCUT2D eigenvalue weighted by molar-refractivity contribution is 8.15. The molecule has 0 aliphatic carbocycles. The van der Waals surface area contributed by atoms with Crippen LogP contribution in [-0.4, -0.2) is 182 Å². The number of imide groups is 1. The maximum absolute atomic E-state index is 11.8. The molecule has 0 radical (unpaired) electrons. The molecule has 0 spiro atoms. The Morgan fingerprint density at radius 3 is 1.19 bits per heavy atom. The fourth-order valence-electron chi connectivity index (χ4n) is 7.17. The van der Waals surface area contributed by atoms with Crippen molar-refractivity contribution in [1.29, 1.82) is 0 Å². The molecule has 0 aromatic carbocycles. The van der Waals surface area contributed by atoms with Crippen LogP contribution < -0.4 is 39.1 Å². The van der Waals surface area contributed by atoms with Gasteiger partial charge in [-0.2, -0.15) is 30.3 Å². The summed E-state index contributed by atoms with van der Waals surface area (Å²) in [4.78, 5) is 198. The maximum atomic E-state index is 11.8. The van der Waals surface area contributed by atoms with Crippen LogP contribution in [0.2, 0.25) is 0 Å². The van der Waals surface area contributed by atoms with Gasteiger partial charge in [0.15, 0.2) is 25.6 Å². The topological polar surface area (TPSA) is 538 Å². The number of Topliss-reactive ketones (excluding diaryl/α,β-unsaturated/α-hetero) is 6. The standard InChI is InChI=1S/C16H23NO5S3.C16H24O6S2.C12H22N2O3S2.C6H14N2O2.C4H5NO3.C4H7NO2S2.CH3F.CH4.H4N2/c1-11(18)24-9-14(20)7-5-3-4-6-13(16(22)17-23)8-15(21)10-25-12(2)19;1-11(17)23-9-14(19)7-5-3-4-6-13(16(21)22)8-15(20)10-24-12(2)18;13-14-12(17)9(6-11(16)8-19)4-2-1-3-5-10(15)7-18;7-4-2-1-3-5(8)6(9)10;6-3-1-2-4(7)5(3)8;1-3(6)9-2-4(7)5-8;1-2;;1-2/h13H,3-10H2,1-2H3;13H,3-10H2,1-2H3,(H,21,22);9,18-19H,1-8,13H2,(H,14,17);5H,1-4,7-8H2,(H,9,10);8H,1-2H2;8H,2H2,1H3,(H,5,7);1H3;1H4;1-2H2/i;;;;;;1D;;. The van der Waals surface area contributed by atoms with Crippen molar-refractivity contribution in [3.63, 3.8) is 0 Å². The summed E-state index contributed by atoms with van der Waals surface area (Å²) < 4.78 is 20.8. The summed E-state index contributed by atoms with van der Waals surface area (Å²) >= 11 is 20.5. The van der Waals surface area contributed by atoms with Gasteiger partial charge in [0.2, 0.25) is 11.8 Å². The highest BCUT2D eigenvalue weighted by atomic mass is 32.2. The average molecular weight is 1600 g/mol. The predicted molar refractivity (Wildman–Crippen MR) is 402 cm³/mol. The number of nitrogens with one attached hydrogen (secondary N) is 2. The number of thiol groups is 3. The molecule has 0 aromatic rings. The largest absolute Gasteiger partial charge is 0.481 e. The zero-order valence-corrected chi connectivity index (χ0v) is 64.2. The van der Waals surface area contributed by atoms with Crippen molar-refractivity contribution in [2.45, 2.75) is 196 Å². The van der Waals surface area contributed by atoms with E-state index in [1.807, 2.05) is 0 Å². The van der Waals surface area contributed by atoms with E-state index < -0.39 is 60.6 Å². The Morgan fingerprint density at radius 1 is 0.550 bits per heavy atom. The van der Waals surface area contributed by atoms with E-state index in [9.17, 15) is 90.7 Å². The van der Waals surface area contributed by atoms with Crippen molar-refractivity contribution in [2.24, 2.45) is 51.1 Å². The van der Waals surface area contributed by atoms with Gasteiger partial charge in [0, 0.05) is 122 Å². The molecule has 578 valence electrons. The summed E-state index contributed by atoms with van der Waals surface area (Å²) in [6.45, 7) is 7.61. The monoisotopic (exact) mass is 1600 g/mol. The molecule has 0 aromatic heterocycles. The lowest BCUT2D eigenvalue weighted by Crippen LogP contribution is -2.37. The summed E-state index contributed by atoms with van der Waals surface area (Å²) in [5.74, 6) is 8.11. The number of unbranched alkanes of at least 4 members (excludes halogenated alkanes) is 7. The van der Waals surface area contributed by atoms with E-state index in [4.69, 9.17) is 34.1 Å². The van der Waals surface area contributed by atoms with Crippen molar-refractivity contribution >= 4 is 211 Å². The quantitative estimate of drug-likeness (QED) is 0.00644. The van der Waals surface area contributed by atoms with Gasteiger partial charge in [0.1, 0.15) is 40.7 Å². The molecular formula is C60H106FN9O21S9. The Kier molecular flexibility index (Phi) is 84.1. The Morgan fingerprint density at radius 2 is 0.880 bits per heavy atom. The normalized spacial score (nSPS) is 11.9. The first-order chi connectivity index (χ1) is 47.0. The van der Waals surface area contributed by atoms with Gasteiger partial charge in [-0.1, -0.05) is 124 Å². The Hall–Kier alpha value is -4.43. The molecule has 1 rings (SSSR count). The fraction of sp³-hybridized carbons (Fsp3) is 0.700. The highest BCUT2D eigenvalue weighted by Gasteiger charge is 2.27. The van der Waals surface area contributed by atoms with E-state index in [1.165, 1.54) is 34.6 Å². The molecular weight excluding hydrogens is 1490 g/mol. The molecule has 0 saturated carbocycles. The number of halogens is 1. The van der Waals surface area contributed by atoms with Crippen molar-refractivity contribution in [2.75, 3.05) is 54.0 Å². The molecule has 5 amide bonds. The van der Waals surface area contributed by atoms with Gasteiger partial charge in [0.05, 0.1) is 43.2 Å². The van der Waals surface area contributed by atoms with Crippen molar-refractivity contribution in [3.8, 4) is 0 Å². The molecule has 100 heavy (non-hydrogen) atoms. The number of carbonyl (C=O) groups is 18. The van der Waals surface area contributed by atoms with Crippen molar-refractivity contribution in [1.82, 2.24) is 15.2 Å². The number of nitrogens with zero attached hydrogens (tertiary/aromatic N) is 2. The molecule has 1 heterocycles. The van der Waals surface area contributed by atoms with E-state index in [0.717, 1.165) is 97.3 Å². The van der Waals surface area contributed by atoms with Crippen molar-refractivity contribution in [3.05, 3.63) is 0 Å². The number of rotatable bonds is 44. The van der Waals surface area contributed by atoms with E-state index in [0.29, 0.717) is 83.6 Å². The molecule has 1 saturated heterocycles. The average Bonchev–Trinajstić information content (AvgIpc) is 1.83. The van der Waals surface area contributed by atoms with Crippen LogP contribution >= 0.6 is 96.9 Å². The summed E-state index contributed by atoms with van der Waals surface area (Å²) in [7, 11) is -1.00. The Labute approximate surface area is 630 Å². The second-order valence-electron chi connectivity index (χ2n) is 20.6. The van der Waals surface area contributed by atoms with Crippen LogP contribution in [0.3, 0.4) is 0 Å². The number of carboxylic acids is 2. The minimum Gasteiger partial charge on any atom is -0.481 e.